The third-order valence-electron chi connectivity index (χ3n) is 6.55. The molecule has 1 fully saturated rings. The summed E-state index contributed by atoms with van der Waals surface area (Å²) >= 11 is 0. The maximum atomic E-state index is 11.4. The van der Waals surface area contributed by atoms with Crippen LogP contribution in [-0.2, 0) is 6.42 Å². The number of primary amides is 1. The van der Waals surface area contributed by atoms with Crippen LogP contribution < -0.4 is 10.6 Å². The number of hydrogen-bond donors (Lipinski definition) is 1. The van der Waals surface area contributed by atoms with Gasteiger partial charge in [0.15, 0.2) is 12.0 Å². The molecule has 176 valence electrons. The Morgan fingerprint density at radius 3 is 2.62 bits per heavy atom. The van der Waals surface area contributed by atoms with E-state index in [0.29, 0.717) is 5.58 Å². The molecule has 0 spiro atoms. The number of piperazine rings is 1. The van der Waals surface area contributed by atoms with Gasteiger partial charge in [0.1, 0.15) is 5.58 Å². The Morgan fingerprint density at radius 2 is 1.85 bits per heavy atom. The molecule has 0 unspecified atom stereocenters. The second-order valence-electron chi connectivity index (χ2n) is 8.62. The first-order valence-corrected chi connectivity index (χ1v) is 11.4. The fraction of sp³-hybridized carbons (Fsp3) is 0.308. The number of rotatable bonds is 7. The molecule has 34 heavy (non-hydrogen) atoms. The third kappa shape index (κ3) is 4.74. The Bertz CT molecular complexity index is 1340. The third-order valence-corrected chi connectivity index (χ3v) is 6.55. The molecular weight excluding hydrogens is 450 g/mol. The molecule has 4 aromatic rings. The molecule has 2 aromatic carbocycles. The number of unbranched alkanes of at least 4 members (excludes halogenated alkanes) is 1. The SMILES string of the molecule is Cl.N#Cn1cc(CCCCN2CCN(c3ccc4oc(C(N)=O)cc4c3)CC2)c2ccccc21. The van der Waals surface area contributed by atoms with Gasteiger partial charge in [0.25, 0.3) is 5.91 Å². The highest BCUT2D eigenvalue weighted by Gasteiger charge is 2.18. The van der Waals surface area contributed by atoms with Crippen LogP contribution in [0.2, 0.25) is 0 Å². The molecule has 0 bridgehead atoms. The average Bonchev–Trinajstić information content (AvgIpc) is 3.43. The van der Waals surface area contributed by atoms with Gasteiger partial charge in [-0.3, -0.25) is 14.3 Å². The van der Waals surface area contributed by atoms with Crippen LogP contribution in [0.4, 0.5) is 5.69 Å². The molecule has 0 aliphatic carbocycles. The molecule has 8 heteroatoms. The van der Waals surface area contributed by atoms with Crippen molar-refractivity contribution in [3.05, 3.63) is 66.1 Å². The highest BCUT2D eigenvalue weighted by molar-refractivity contribution is 5.95. The lowest BCUT2D eigenvalue weighted by Gasteiger charge is -2.36. The van der Waals surface area contributed by atoms with Crippen LogP contribution in [0.25, 0.3) is 21.9 Å². The summed E-state index contributed by atoms with van der Waals surface area (Å²) in [6, 6.07) is 15.9. The van der Waals surface area contributed by atoms with Gasteiger partial charge >= 0.3 is 0 Å². The molecule has 1 saturated heterocycles. The second kappa shape index (κ2) is 10.2. The minimum Gasteiger partial charge on any atom is -0.451 e. The van der Waals surface area contributed by atoms with Crippen molar-refractivity contribution in [2.75, 3.05) is 37.6 Å². The van der Waals surface area contributed by atoms with Crippen molar-refractivity contribution in [1.82, 2.24) is 9.47 Å². The van der Waals surface area contributed by atoms with Crippen LogP contribution in [0.1, 0.15) is 29.0 Å². The minimum absolute atomic E-state index is 0. The van der Waals surface area contributed by atoms with Crippen LogP contribution in [0, 0.1) is 11.5 Å². The molecular formula is C26H28ClN5O2. The normalized spacial score (nSPS) is 14.3. The number of halogens is 1. The van der Waals surface area contributed by atoms with Gasteiger partial charge in [-0.1, -0.05) is 18.2 Å². The number of anilines is 1. The Kier molecular flexibility index (Phi) is 7.11. The van der Waals surface area contributed by atoms with Gasteiger partial charge in [-0.05, 0) is 61.7 Å². The van der Waals surface area contributed by atoms with Crippen molar-refractivity contribution in [2.45, 2.75) is 19.3 Å². The van der Waals surface area contributed by atoms with Gasteiger partial charge in [-0.15, -0.1) is 12.4 Å². The number of benzene rings is 2. The zero-order valence-electron chi connectivity index (χ0n) is 18.9. The quantitative estimate of drug-likeness (QED) is 0.399. The lowest BCUT2D eigenvalue weighted by Crippen LogP contribution is -2.46. The molecule has 5 rings (SSSR count). The van der Waals surface area contributed by atoms with Crippen LogP contribution in [0.5, 0.6) is 0 Å². The van der Waals surface area contributed by atoms with E-state index in [2.05, 4.69) is 28.1 Å². The summed E-state index contributed by atoms with van der Waals surface area (Å²) in [5, 5.41) is 11.4. The molecule has 3 heterocycles. The first kappa shape index (κ1) is 23.7. The first-order chi connectivity index (χ1) is 16.1. The summed E-state index contributed by atoms with van der Waals surface area (Å²) in [6.45, 7) is 5.10. The van der Waals surface area contributed by atoms with E-state index in [0.717, 1.165) is 68.6 Å². The van der Waals surface area contributed by atoms with E-state index in [-0.39, 0.29) is 18.2 Å². The summed E-state index contributed by atoms with van der Waals surface area (Å²) in [5.41, 5.74) is 9.40. The smallest absolute Gasteiger partial charge is 0.284 e. The minimum atomic E-state index is -0.544. The Morgan fingerprint density at radius 1 is 1.06 bits per heavy atom. The van der Waals surface area contributed by atoms with Gasteiger partial charge in [0.2, 0.25) is 0 Å². The monoisotopic (exact) mass is 477 g/mol. The summed E-state index contributed by atoms with van der Waals surface area (Å²) in [5.74, 6) is -0.346. The first-order valence-electron chi connectivity index (χ1n) is 11.4. The van der Waals surface area contributed by atoms with Crippen molar-refractivity contribution in [3.63, 3.8) is 0 Å². The van der Waals surface area contributed by atoms with Crippen molar-refractivity contribution >= 4 is 45.9 Å². The zero-order valence-corrected chi connectivity index (χ0v) is 19.8. The van der Waals surface area contributed by atoms with E-state index in [1.165, 1.54) is 10.9 Å². The predicted molar refractivity (Wildman–Crippen MR) is 137 cm³/mol. The lowest BCUT2D eigenvalue weighted by atomic mass is 10.1. The highest BCUT2D eigenvalue weighted by atomic mass is 35.5. The fourth-order valence-electron chi connectivity index (χ4n) is 4.76. The van der Waals surface area contributed by atoms with E-state index in [1.807, 2.05) is 36.5 Å². The standard InChI is InChI=1S/C26H27N5O2.ClH/c27-18-31-17-19(22-6-1-2-7-23(22)31)5-3-4-10-29-11-13-30(14-12-29)21-8-9-24-20(15-21)16-25(33-24)26(28)32;/h1-2,6-9,15-17H,3-5,10-14H2,(H2,28,32);1H. The topological polar surface area (TPSA) is 91.4 Å². The summed E-state index contributed by atoms with van der Waals surface area (Å²) < 4.78 is 7.15. The lowest BCUT2D eigenvalue weighted by molar-refractivity contribution is 0.0976. The predicted octanol–water partition coefficient (Wildman–Crippen LogP) is 4.38. The average molecular weight is 478 g/mol. The number of carbonyl (C=O) groups excluding carboxylic acids is 1. The van der Waals surface area contributed by atoms with Crippen LogP contribution in [-0.4, -0.2) is 48.1 Å². The number of para-hydroxylation sites is 1. The molecule has 0 atom stereocenters. The number of nitriles is 1. The fourth-order valence-corrected chi connectivity index (χ4v) is 4.76. The number of aromatic nitrogens is 1. The number of nitrogens with two attached hydrogens (primary N) is 1. The molecule has 1 aliphatic heterocycles. The van der Waals surface area contributed by atoms with E-state index in [4.69, 9.17) is 10.2 Å². The molecule has 1 aliphatic rings. The van der Waals surface area contributed by atoms with Crippen molar-refractivity contribution < 1.29 is 9.21 Å². The molecule has 2 aromatic heterocycles. The van der Waals surface area contributed by atoms with E-state index in [9.17, 15) is 10.1 Å². The molecule has 7 nitrogen and oxygen atoms in total. The number of nitrogens with zero attached hydrogens (tertiary/aromatic N) is 4. The summed E-state index contributed by atoms with van der Waals surface area (Å²) in [4.78, 5) is 16.3. The summed E-state index contributed by atoms with van der Waals surface area (Å²) in [7, 11) is 0. The van der Waals surface area contributed by atoms with E-state index < -0.39 is 5.91 Å². The van der Waals surface area contributed by atoms with Crippen LogP contribution >= 0.6 is 12.4 Å². The van der Waals surface area contributed by atoms with E-state index >= 15 is 0 Å². The molecule has 0 radical (unpaired) electrons. The number of aryl methyl sites for hydroxylation is 1. The Hall–Kier alpha value is -3.47. The Balaban J connectivity index is 0.00000274. The molecule has 0 saturated carbocycles. The van der Waals surface area contributed by atoms with Crippen molar-refractivity contribution in [1.29, 1.82) is 5.26 Å². The number of amides is 1. The number of furan rings is 1. The van der Waals surface area contributed by atoms with Gasteiger partial charge in [0, 0.05) is 48.8 Å². The van der Waals surface area contributed by atoms with Crippen molar-refractivity contribution in [3.8, 4) is 6.19 Å². The highest BCUT2D eigenvalue weighted by Crippen LogP contribution is 2.26. The zero-order chi connectivity index (χ0) is 22.8. The molecule has 1 amide bonds. The number of fused-ring (bicyclic) bond motifs is 2. The van der Waals surface area contributed by atoms with E-state index in [1.54, 1.807) is 10.6 Å². The Labute approximate surface area is 204 Å². The molecule has 2 N–H and O–H groups in total. The van der Waals surface area contributed by atoms with Crippen LogP contribution in [0.15, 0.2) is 59.1 Å². The summed E-state index contributed by atoms with van der Waals surface area (Å²) in [6.07, 6.45) is 7.47. The maximum Gasteiger partial charge on any atom is 0.284 e. The second-order valence-corrected chi connectivity index (χ2v) is 8.62. The van der Waals surface area contributed by atoms with Gasteiger partial charge < -0.3 is 15.1 Å². The van der Waals surface area contributed by atoms with Gasteiger partial charge in [-0.2, -0.15) is 5.26 Å². The van der Waals surface area contributed by atoms with Crippen LogP contribution in [0.3, 0.4) is 0 Å². The van der Waals surface area contributed by atoms with Crippen molar-refractivity contribution in [2.24, 2.45) is 5.73 Å². The van der Waals surface area contributed by atoms with Gasteiger partial charge in [0.05, 0.1) is 5.52 Å². The number of hydrogen-bond acceptors (Lipinski definition) is 5. The largest absolute Gasteiger partial charge is 0.451 e. The van der Waals surface area contributed by atoms with Gasteiger partial charge in [-0.25, -0.2) is 0 Å². The number of carbonyl (C=O) groups is 1. The maximum absolute atomic E-state index is 11.4.